The summed E-state index contributed by atoms with van der Waals surface area (Å²) >= 11 is 0. The van der Waals surface area contributed by atoms with E-state index in [2.05, 4.69) is 5.32 Å². The van der Waals surface area contributed by atoms with Crippen LogP contribution in [0.2, 0.25) is 0 Å². The van der Waals surface area contributed by atoms with Crippen molar-refractivity contribution in [2.24, 2.45) is 0 Å². The zero-order chi connectivity index (χ0) is 20.4. The Kier molecular flexibility index (Phi) is 4.96. The highest BCUT2D eigenvalue weighted by Gasteiger charge is 2.44. The smallest absolute Gasteiger partial charge is 0.314 e. The lowest BCUT2D eigenvalue weighted by atomic mass is 9.73. The standard InChI is InChI=1S/C22H22N2O5/c25-19(14-18-20(26)23-16-8-4-5-9-17(16)29-18)24-12-10-22(11-13-24,21(27)28)15-6-2-1-3-7-15/h1-9,18H,10-14H2,(H,23,26)(H,27,28). The number of carboxylic acid groups (broad SMARTS) is 1. The van der Waals surface area contributed by atoms with Gasteiger partial charge in [-0.05, 0) is 30.5 Å². The van der Waals surface area contributed by atoms with Gasteiger partial charge in [0.25, 0.3) is 5.91 Å². The van der Waals surface area contributed by atoms with Crippen molar-refractivity contribution in [3.63, 3.8) is 0 Å². The van der Waals surface area contributed by atoms with Crippen molar-refractivity contribution in [1.82, 2.24) is 4.90 Å². The number of likely N-dealkylation sites (tertiary alicyclic amines) is 1. The van der Waals surface area contributed by atoms with E-state index < -0.39 is 17.5 Å². The first-order valence-electron chi connectivity index (χ1n) is 9.63. The van der Waals surface area contributed by atoms with E-state index in [1.807, 2.05) is 30.3 Å². The van der Waals surface area contributed by atoms with E-state index >= 15 is 0 Å². The summed E-state index contributed by atoms with van der Waals surface area (Å²) in [7, 11) is 0. The average Bonchev–Trinajstić information content (AvgIpc) is 2.74. The van der Waals surface area contributed by atoms with Crippen molar-refractivity contribution >= 4 is 23.5 Å². The monoisotopic (exact) mass is 394 g/mol. The maximum Gasteiger partial charge on any atom is 0.314 e. The summed E-state index contributed by atoms with van der Waals surface area (Å²) < 4.78 is 5.70. The van der Waals surface area contributed by atoms with Gasteiger partial charge in [-0.3, -0.25) is 14.4 Å². The lowest BCUT2D eigenvalue weighted by Gasteiger charge is -2.39. The first-order chi connectivity index (χ1) is 14.0. The molecule has 0 aliphatic carbocycles. The fourth-order valence-electron chi connectivity index (χ4n) is 4.04. The number of fused-ring (bicyclic) bond motifs is 1. The number of hydrogen-bond acceptors (Lipinski definition) is 4. The van der Waals surface area contributed by atoms with Gasteiger partial charge in [-0.2, -0.15) is 0 Å². The summed E-state index contributed by atoms with van der Waals surface area (Å²) in [5.41, 5.74) is 0.356. The Balaban J connectivity index is 1.42. The van der Waals surface area contributed by atoms with Crippen LogP contribution >= 0.6 is 0 Å². The fourth-order valence-corrected chi connectivity index (χ4v) is 4.04. The van der Waals surface area contributed by atoms with Crippen LogP contribution in [0.5, 0.6) is 5.75 Å². The summed E-state index contributed by atoms with van der Waals surface area (Å²) in [6, 6.07) is 16.2. The normalized spacial score (nSPS) is 20.2. The van der Waals surface area contributed by atoms with Crippen molar-refractivity contribution in [3.8, 4) is 5.75 Å². The number of ether oxygens (including phenoxy) is 1. The van der Waals surface area contributed by atoms with Crippen LogP contribution in [0.1, 0.15) is 24.8 Å². The third-order valence-corrected chi connectivity index (χ3v) is 5.77. The first kappa shape index (κ1) is 19.0. The molecule has 1 atom stereocenters. The second-order valence-corrected chi connectivity index (χ2v) is 7.43. The van der Waals surface area contributed by atoms with Crippen molar-refractivity contribution in [2.75, 3.05) is 18.4 Å². The zero-order valence-corrected chi connectivity index (χ0v) is 15.8. The second-order valence-electron chi connectivity index (χ2n) is 7.43. The van der Waals surface area contributed by atoms with E-state index in [-0.39, 0.29) is 18.2 Å². The van der Waals surface area contributed by atoms with Gasteiger partial charge in [0.05, 0.1) is 17.5 Å². The fraction of sp³-hybridized carbons (Fsp3) is 0.318. The van der Waals surface area contributed by atoms with Crippen molar-refractivity contribution in [2.45, 2.75) is 30.8 Å². The molecule has 0 aromatic heterocycles. The molecule has 2 N–H and O–H groups in total. The van der Waals surface area contributed by atoms with Crippen LogP contribution in [0.25, 0.3) is 0 Å². The molecule has 2 amide bonds. The number of amides is 2. The van der Waals surface area contributed by atoms with E-state index in [1.165, 1.54) is 0 Å². The third-order valence-electron chi connectivity index (χ3n) is 5.77. The lowest BCUT2D eigenvalue weighted by molar-refractivity contribution is -0.148. The second kappa shape index (κ2) is 7.58. The molecular weight excluding hydrogens is 372 g/mol. The van der Waals surface area contributed by atoms with E-state index in [1.54, 1.807) is 29.2 Å². The van der Waals surface area contributed by atoms with Gasteiger partial charge in [-0.1, -0.05) is 42.5 Å². The molecule has 0 spiro atoms. The largest absolute Gasteiger partial charge is 0.481 e. The minimum atomic E-state index is -0.990. The predicted molar refractivity (Wildman–Crippen MR) is 106 cm³/mol. The zero-order valence-electron chi connectivity index (χ0n) is 15.8. The molecule has 0 bridgehead atoms. The molecule has 1 unspecified atom stereocenters. The van der Waals surface area contributed by atoms with Gasteiger partial charge < -0.3 is 20.1 Å². The Hall–Kier alpha value is -3.35. The van der Waals surface area contributed by atoms with Gasteiger partial charge in [-0.25, -0.2) is 0 Å². The van der Waals surface area contributed by atoms with Gasteiger partial charge in [-0.15, -0.1) is 0 Å². The molecule has 2 aliphatic rings. The minimum absolute atomic E-state index is 0.0778. The number of rotatable bonds is 4. The summed E-state index contributed by atoms with van der Waals surface area (Å²) in [5, 5.41) is 12.6. The summed E-state index contributed by atoms with van der Waals surface area (Å²) in [5.74, 6) is -0.894. The molecule has 2 aromatic carbocycles. The van der Waals surface area contributed by atoms with Crippen LogP contribution in [0.15, 0.2) is 54.6 Å². The third kappa shape index (κ3) is 3.55. The average molecular weight is 394 g/mol. The Morgan fingerprint density at radius 2 is 1.72 bits per heavy atom. The van der Waals surface area contributed by atoms with Crippen LogP contribution in [-0.2, 0) is 19.8 Å². The number of benzene rings is 2. The van der Waals surface area contributed by atoms with Crippen LogP contribution < -0.4 is 10.1 Å². The lowest BCUT2D eigenvalue weighted by Crippen LogP contribution is -2.50. The van der Waals surface area contributed by atoms with E-state index in [0.29, 0.717) is 37.4 Å². The van der Waals surface area contributed by atoms with Crippen molar-refractivity contribution in [3.05, 3.63) is 60.2 Å². The first-order valence-corrected chi connectivity index (χ1v) is 9.63. The van der Waals surface area contributed by atoms with Crippen LogP contribution in [0.4, 0.5) is 5.69 Å². The minimum Gasteiger partial charge on any atom is -0.481 e. The topological polar surface area (TPSA) is 95.9 Å². The molecule has 1 fully saturated rings. The number of nitrogens with zero attached hydrogens (tertiary/aromatic N) is 1. The molecule has 2 aliphatic heterocycles. The molecular formula is C22H22N2O5. The SMILES string of the molecule is O=C1Nc2ccccc2OC1CC(=O)N1CCC(C(=O)O)(c2ccccc2)CC1. The summed E-state index contributed by atoms with van der Waals surface area (Å²) in [4.78, 5) is 38.7. The Morgan fingerprint density at radius 1 is 1.07 bits per heavy atom. The highest BCUT2D eigenvalue weighted by molar-refractivity contribution is 6.00. The van der Waals surface area contributed by atoms with Crippen LogP contribution in [0, 0.1) is 0 Å². The molecule has 0 radical (unpaired) electrons. The Bertz CT molecular complexity index is 935. The molecule has 1 saturated heterocycles. The number of carboxylic acids is 1. The molecule has 0 saturated carbocycles. The van der Waals surface area contributed by atoms with Gasteiger partial charge in [0, 0.05) is 13.1 Å². The van der Waals surface area contributed by atoms with Crippen LogP contribution in [0.3, 0.4) is 0 Å². The number of para-hydroxylation sites is 2. The molecule has 2 aromatic rings. The number of piperidine rings is 1. The predicted octanol–water partition coefficient (Wildman–Crippen LogP) is 2.42. The van der Waals surface area contributed by atoms with Crippen LogP contribution in [-0.4, -0.2) is 47.0 Å². The van der Waals surface area contributed by atoms with E-state index in [0.717, 1.165) is 5.56 Å². The number of anilines is 1. The number of hydrogen-bond donors (Lipinski definition) is 2. The highest BCUT2D eigenvalue weighted by atomic mass is 16.5. The summed E-state index contributed by atoms with van der Waals surface area (Å²) in [6.07, 6.45) is -0.305. The number of carbonyl (C=O) groups excluding carboxylic acids is 2. The van der Waals surface area contributed by atoms with E-state index in [9.17, 15) is 19.5 Å². The van der Waals surface area contributed by atoms with Gasteiger partial charge in [0.2, 0.25) is 5.91 Å². The van der Waals surface area contributed by atoms with Crippen molar-refractivity contribution in [1.29, 1.82) is 0 Å². The number of nitrogens with one attached hydrogen (secondary N) is 1. The van der Waals surface area contributed by atoms with Gasteiger partial charge >= 0.3 is 5.97 Å². The van der Waals surface area contributed by atoms with Gasteiger partial charge in [0.1, 0.15) is 5.75 Å². The number of aliphatic carboxylic acids is 1. The number of carbonyl (C=O) groups is 3. The highest BCUT2D eigenvalue weighted by Crippen LogP contribution is 2.36. The van der Waals surface area contributed by atoms with Gasteiger partial charge in [0.15, 0.2) is 6.10 Å². The molecule has 7 heteroatoms. The quantitative estimate of drug-likeness (QED) is 0.830. The molecule has 7 nitrogen and oxygen atoms in total. The molecule has 2 heterocycles. The maximum atomic E-state index is 12.8. The molecule has 150 valence electrons. The van der Waals surface area contributed by atoms with Crippen molar-refractivity contribution < 1.29 is 24.2 Å². The molecule has 4 rings (SSSR count). The maximum absolute atomic E-state index is 12.8. The summed E-state index contributed by atoms with van der Waals surface area (Å²) in [6.45, 7) is 0.649. The Labute approximate surface area is 168 Å². The van der Waals surface area contributed by atoms with E-state index in [4.69, 9.17) is 4.74 Å². The molecule has 29 heavy (non-hydrogen) atoms. The Morgan fingerprint density at radius 3 is 2.41 bits per heavy atom.